The molecule has 1 aromatic carbocycles. The molecule has 0 bridgehead atoms. The van der Waals surface area contributed by atoms with E-state index >= 15 is 0 Å². The van der Waals surface area contributed by atoms with Gasteiger partial charge in [0.2, 0.25) is 5.88 Å². The molecule has 0 atom stereocenters. The zero-order valence-electron chi connectivity index (χ0n) is 16.6. The van der Waals surface area contributed by atoms with Gasteiger partial charge in [0.05, 0.1) is 0 Å². The van der Waals surface area contributed by atoms with Crippen LogP contribution in [0.15, 0.2) is 45.0 Å². The molecule has 3 N–H and O–H groups in total. The van der Waals surface area contributed by atoms with E-state index in [-0.39, 0.29) is 17.5 Å². The van der Waals surface area contributed by atoms with Crippen molar-refractivity contribution in [2.75, 3.05) is 6.54 Å². The fourth-order valence-electron chi connectivity index (χ4n) is 4.30. The zero-order valence-corrected chi connectivity index (χ0v) is 16.6. The number of aromatic hydroxyl groups is 1. The van der Waals surface area contributed by atoms with Gasteiger partial charge >= 0.3 is 5.69 Å². The van der Waals surface area contributed by atoms with Crippen molar-refractivity contribution in [2.24, 2.45) is 4.99 Å². The fraction of sp³-hybridized carbons (Fsp3) is 0.409. The number of benzene rings is 1. The van der Waals surface area contributed by atoms with Gasteiger partial charge in [0.15, 0.2) is 0 Å². The molecule has 0 spiro atoms. The van der Waals surface area contributed by atoms with Gasteiger partial charge in [-0.25, -0.2) is 4.79 Å². The van der Waals surface area contributed by atoms with Crippen LogP contribution in [0.3, 0.4) is 0 Å². The van der Waals surface area contributed by atoms with E-state index in [1.807, 2.05) is 24.4 Å². The molecular weight excluding hydrogens is 368 g/mol. The molecule has 2 heterocycles. The Labute approximate surface area is 168 Å². The van der Waals surface area contributed by atoms with Crippen molar-refractivity contribution >= 4 is 16.6 Å². The molecular formula is C22H26N4O3. The van der Waals surface area contributed by atoms with Crippen molar-refractivity contribution in [3.8, 4) is 5.88 Å². The molecule has 4 rings (SSSR count). The number of rotatable bonds is 5. The smallest absolute Gasteiger partial charge is 0.331 e. The van der Waals surface area contributed by atoms with Gasteiger partial charge < -0.3 is 10.1 Å². The molecule has 0 radical (unpaired) electrons. The molecule has 1 aliphatic rings. The van der Waals surface area contributed by atoms with Gasteiger partial charge in [-0.1, -0.05) is 37.5 Å². The van der Waals surface area contributed by atoms with Gasteiger partial charge in [0.1, 0.15) is 5.56 Å². The lowest BCUT2D eigenvalue weighted by molar-refractivity contribution is 0.298. The molecule has 0 unspecified atom stereocenters. The lowest BCUT2D eigenvalue weighted by Crippen LogP contribution is -2.36. The summed E-state index contributed by atoms with van der Waals surface area (Å²) < 4.78 is 1.34. The second-order valence-electron chi connectivity index (χ2n) is 7.70. The quantitative estimate of drug-likeness (QED) is 0.579. The van der Waals surface area contributed by atoms with Gasteiger partial charge in [-0.2, -0.15) is 0 Å². The van der Waals surface area contributed by atoms with Crippen LogP contribution in [0.1, 0.15) is 56.2 Å². The number of nitrogens with one attached hydrogen (secondary N) is 2. The molecule has 2 aromatic heterocycles. The minimum Gasteiger partial charge on any atom is -0.494 e. The topological polar surface area (TPSA) is 103 Å². The van der Waals surface area contributed by atoms with E-state index in [0.717, 1.165) is 48.6 Å². The maximum absolute atomic E-state index is 12.4. The highest BCUT2D eigenvalue weighted by atomic mass is 16.3. The summed E-state index contributed by atoms with van der Waals surface area (Å²) in [5, 5.41) is 11.9. The van der Waals surface area contributed by atoms with Crippen molar-refractivity contribution in [1.29, 1.82) is 0 Å². The van der Waals surface area contributed by atoms with E-state index in [4.69, 9.17) is 0 Å². The molecule has 7 nitrogen and oxygen atoms in total. The van der Waals surface area contributed by atoms with Gasteiger partial charge in [-0.05, 0) is 37.8 Å². The van der Waals surface area contributed by atoms with Gasteiger partial charge in [0, 0.05) is 35.4 Å². The molecule has 1 saturated carbocycles. The van der Waals surface area contributed by atoms with Crippen LogP contribution >= 0.6 is 0 Å². The number of H-pyrrole nitrogens is 2. The summed E-state index contributed by atoms with van der Waals surface area (Å²) in [6.07, 6.45) is 7.51. The number of fused-ring (bicyclic) bond motifs is 1. The summed E-state index contributed by atoms with van der Waals surface area (Å²) in [7, 11) is 0. The van der Waals surface area contributed by atoms with Crippen molar-refractivity contribution in [3.05, 3.63) is 62.4 Å². The standard InChI is InChI=1S/C22H26N4O3/c1-14(23-12-11-15-13-24-18-10-6-5-9-17(15)18)19-20(27)25-22(29)26(21(19)28)16-7-3-2-4-8-16/h5-6,9-10,13,16,24,28H,2-4,7-8,11-12H2,1H3,(H,25,27,29). The van der Waals surface area contributed by atoms with E-state index in [0.29, 0.717) is 18.7 Å². The Kier molecular flexibility index (Phi) is 5.38. The Hall–Kier alpha value is -3.09. The maximum atomic E-state index is 12.4. The fourth-order valence-corrected chi connectivity index (χ4v) is 4.30. The second-order valence-corrected chi connectivity index (χ2v) is 7.70. The monoisotopic (exact) mass is 394 g/mol. The van der Waals surface area contributed by atoms with Crippen molar-refractivity contribution in [3.63, 3.8) is 0 Å². The highest BCUT2D eigenvalue weighted by Crippen LogP contribution is 2.30. The van der Waals surface area contributed by atoms with Crippen molar-refractivity contribution in [2.45, 2.75) is 51.5 Å². The van der Waals surface area contributed by atoms with E-state index in [1.54, 1.807) is 6.92 Å². The Morgan fingerprint density at radius 2 is 1.97 bits per heavy atom. The van der Waals surface area contributed by atoms with Gasteiger partial charge in [-0.15, -0.1) is 0 Å². The van der Waals surface area contributed by atoms with Crippen LogP contribution in [0, 0.1) is 0 Å². The predicted molar refractivity (Wildman–Crippen MR) is 114 cm³/mol. The number of hydrogen-bond donors (Lipinski definition) is 3. The minimum atomic E-state index is -0.590. The van der Waals surface area contributed by atoms with Crippen LogP contribution in [-0.2, 0) is 6.42 Å². The molecule has 7 heteroatoms. The average Bonchev–Trinajstić information content (AvgIpc) is 3.12. The highest BCUT2D eigenvalue weighted by molar-refractivity contribution is 6.00. The van der Waals surface area contributed by atoms with Crippen LogP contribution in [-0.4, -0.2) is 31.9 Å². The first-order valence-corrected chi connectivity index (χ1v) is 10.2. The van der Waals surface area contributed by atoms with Crippen LogP contribution < -0.4 is 11.2 Å². The molecule has 152 valence electrons. The first-order chi connectivity index (χ1) is 14.1. The first kappa shape index (κ1) is 19.2. The van der Waals surface area contributed by atoms with Crippen LogP contribution in [0.25, 0.3) is 10.9 Å². The van der Waals surface area contributed by atoms with Gasteiger partial charge in [0.25, 0.3) is 5.56 Å². The van der Waals surface area contributed by atoms with Crippen LogP contribution in [0.2, 0.25) is 0 Å². The molecule has 0 saturated heterocycles. The predicted octanol–water partition coefficient (Wildman–Crippen LogP) is 3.28. The number of para-hydroxylation sites is 1. The SMILES string of the molecule is CC(=NCCc1c[nH]c2ccccc12)c1c(O)n(C2CCCCC2)c(=O)[nH]c1=O. The van der Waals surface area contributed by atoms with Crippen molar-refractivity contribution < 1.29 is 5.11 Å². The van der Waals surface area contributed by atoms with E-state index in [9.17, 15) is 14.7 Å². The molecule has 0 aliphatic heterocycles. The Morgan fingerprint density at radius 3 is 2.76 bits per heavy atom. The average molecular weight is 394 g/mol. The summed E-state index contributed by atoms with van der Waals surface area (Å²) in [5.41, 5.74) is 1.63. The molecule has 3 aromatic rings. The summed E-state index contributed by atoms with van der Waals surface area (Å²) in [6.45, 7) is 2.18. The largest absolute Gasteiger partial charge is 0.494 e. The number of hydrogen-bond acceptors (Lipinski definition) is 4. The third kappa shape index (κ3) is 3.77. The third-order valence-corrected chi connectivity index (χ3v) is 5.82. The Bertz CT molecular complexity index is 1160. The summed E-state index contributed by atoms with van der Waals surface area (Å²) in [6, 6.07) is 8.00. The van der Waals surface area contributed by atoms with Crippen LogP contribution in [0.5, 0.6) is 5.88 Å². The number of aliphatic imine (C=N–C) groups is 1. The number of aromatic amines is 2. The van der Waals surface area contributed by atoms with E-state index < -0.39 is 11.2 Å². The van der Waals surface area contributed by atoms with Crippen LogP contribution in [0.4, 0.5) is 0 Å². The Balaban J connectivity index is 1.59. The third-order valence-electron chi connectivity index (χ3n) is 5.82. The first-order valence-electron chi connectivity index (χ1n) is 10.2. The lowest BCUT2D eigenvalue weighted by atomic mass is 9.95. The summed E-state index contributed by atoms with van der Waals surface area (Å²) >= 11 is 0. The molecule has 0 amide bonds. The minimum absolute atomic E-state index is 0.0779. The summed E-state index contributed by atoms with van der Waals surface area (Å²) in [4.78, 5) is 34.8. The zero-order chi connectivity index (χ0) is 20.4. The van der Waals surface area contributed by atoms with E-state index in [1.165, 1.54) is 4.57 Å². The van der Waals surface area contributed by atoms with Gasteiger partial charge in [-0.3, -0.25) is 19.3 Å². The Morgan fingerprint density at radius 1 is 1.21 bits per heavy atom. The maximum Gasteiger partial charge on any atom is 0.331 e. The number of aromatic nitrogens is 3. The number of nitrogens with zero attached hydrogens (tertiary/aromatic N) is 2. The lowest BCUT2D eigenvalue weighted by Gasteiger charge is -2.25. The molecule has 1 aliphatic carbocycles. The molecule has 29 heavy (non-hydrogen) atoms. The van der Waals surface area contributed by atoms with Crippen molar-refractivity contribution in [1.82, 2.24) is 14.5 Å². The summed E-state index contributed by atoms with van der Waals surface area (Å²) in [5.74, 6) is -0.265. The normalized spacial score (nSPS) is 15.8. The second kappa shape index (κ2) is 8.11. The highest BCUT2D eigenvalue weighted by Gasteiger charge is 2.23. The van der Waals surface area contributed by atoms with E-state index in [2.05, 4.69) is 21.0 Å². The molecule has 1 fully saturated rings.